The predicted octanol–water partition coefficient (Wildman–Crippen LogP) is 2.50. The molecule has 0 saturated heterocycles. The topological polar surface area (TPSA) is 104 Å². The first-order valence-corrected chi connectivity index (χ1v) is 12.3. The van der Waals surface area contributed by atoms with Gasteiger partial charge in [-0.1, -0.05) is 50.8 Å². The van der Waals surface area contributed by atoms with Gasteiger partial charge in [0.05, 0.1) is 4.90 Å². The fourth-order valence-corrected chi connectivity index (χ4v) is 4.86. The van der Waals surface area contributed by atoms with E-state index < -0.39 is 16.1 Å². The van der Waals surface area contributed by atoms with Gasteiger partial charge >= 0.3 is 0 Å². The van der Waals surface area contributed by atoms with Crippen LogP contribution in [0, 0.1) is 18.8 Å². The van der Waals surface area contributed by atoms with Crippen LogP contribution in [0.3, 0.4) is 0 Å². The number of benzene rings is 1. The summed E-state index contributed by atoms with van der Waals surface area (Å²) in [6.45, 7) is 6.35. The summed E-state index contributed by atoms with van der Waals surface area (Å²) in [7, 11) is -3.81. The number of carbonyl (C=O) groups excluding carboxylic acids is 2. The Balaban J connectivity index is 1.88. The number of hydrogen-bond acceptors (Lipinski definition) is 4. The van der Waals surface area contributed by atoms with Gasteiger partial charge in [-0.2, -0.15) is 4.72 Å². The van der Waals surface area contributed by atoms with E-state index >= 15 is 0 Å². The van der Waals surface area contributed by atoms with Crippen LogP contribution < -0.4 is 15.4 Å². The van der Waals surface area contributed by atoms with E-state index in [1.54, 1.807) is 12.1 Å². The van der Waals surface area contributed by atoms with Crippen molar-refractivity contribution >= 4 is 21.8 Å². The smallest absolute Gasteiger partial charge is 0.241 e. The molecule has 8 heteroatoms. The van der Waals surface area contributed by atoms with Crippen molar-refractivity contribution in [3.8, 4) is 0 Å². The molecule has 168 valence electrons. The lowest BCUT2D eigenvalue weighted by molar-refractivity contribution is -0.126. The quantitative estimate of drug-likeness (QED) is 0.489. The molecule has 2 rings (SSSR count). The third kappa shape index (κ3) is 7.72. The average Bonchev–Trinajstić information content (AvgIpc) is 2.71. The Bertz CT molecular complexity index is 800. The van der Waals surface area contributed by atoms with E-state index in [1.165, 1.54) is 18.6 Å². The molecule has 0 bridgehead atoms. The van der Waals surface area contributed by atoms with Gasteiger partial charge < -0.3 is 10.6 Å². The standard InChI is InChI=1S/C22H35N3O4S/c1-16(2)15-20(25-30(28,29)19-11-9-17(3)10-12-19)22(27)24-14-13-23-21(26)18-7-5-4-6-8-18/h9-12,16,18,20,25H,4-8,13-15H2,1-3H3,(H,23,26)(H,24,27). The second kappa shape index (κ2) is 11.5. The summed E-state index contributed by atoms with van der Waals surface area (Å²) in [4.78, 5) is 24.9. The van der Waals surface area contributed by atoms with Crippen LogP contribution in [0.5, 0.6) is 0 Å². The second-order valence-electron chi connectivity index (χ2n) is 8.53. The molecular formula is C22H35N3O4S. The highest BCUT2D eigenvalue weighted by Crippen LogP contribution is 2.23. The van der Waals surface area contributed by atoms with Gasteiger partial charge in [0.1, 0.15) is 6.04 Å². The first-order chi connectivity index (χ1) is 14.2. The van der Waals surface area contributed by atoms with Gasteiger partial charge in [-0.25, -0.2) is 8.42 Å². The van der Waals surface area contributed by atoms with Crippen LogP contribution in [-0.2, 0) is 19.6 Å². The highest BCUT2D eigenvalue weighted by atomic mass is 32.2. The van der Waals surface area contributed by atoms with Gasteiger partial charge in [-0.3, -0.25) is 9.59 Å². The minimum Gasteiger partial charge on any atom is -0.354 e. The molecule has 1 aromatic rings. The van der Waals surface area contributed by atoms with E-state index in [2.05, 4.69) is 15.4 Å². The fourth-order valence-electron chi connectivity index (χ4n) is 3.66. The normalized spacial score (nSPS) is 16.3. The van der Waals surface area contributed by atoms with Gasteiger partial charge in [-0.05, 0) is 44.2 Å². The van der Waals surface area contributed by atoms with Gasteiger partial charge in [0, 0.05) is 19.0 Å². The number of hydrogen-bond donors (Lipinski definition) is 3. The minimum absolute atomic E-state index is 0.0442. The van der Waals surface area contributed by atoms with Crippen LogP contribution in [0.2, 0.25) is 0 Å². The van der Waals surface area contributed by atoms with Crippen LogP contribution in [0.25, 0.3) is 0 Å². The van der Waals surface area contributed by atoms with E-state index in [-0.39, 0.29) is 35.1 Å². The van der Waals surface area contributed by atoms with Crippen molar-refractivity contribution < 1.29 is 18.0 Å². The first-order valence-electron chi connectivity index (χ1n) is 10.8. The molecule has 0 aliphatic heterocycles. The molecule has 1 saturated carbocycles. The summed E-state index contributed by atoms with van der Waals surface area (Å²) in [6, 6.07) is 5.64. The van der Waals surface area contributed by atoms with Crippen molar-refractivity contribution in [1.29, 1.82) is 0 Å². The zero-order valence-corrected chi connectivity index (χ0v) is 19.1. The highest BCUT2D eigenvalue weighted by Gasteiger charge is 2.26. The molecule has 1 aromatic carbocycles. The van der Waals surface area contributed by atoms with E-state index in [0.717, 1.165) is 31.2 Å². The van der Waals surface area contributed by atoms with Crippen LogP contribution >= 0.6 is 0 Å². The molecule has 1 aliphatic rings. The summed E-state index contributed by atoms with van der Waals surface area (Å²) >= 11 is 0. The molecule has 0 radical (unpaired) electrons. The lowest BCUT2D eigenvalue weighted by Crippen LogP contribution is -2.49. The predicted molar refractivity (Wildman–Crippen MR) is 117 cm³/mol. The Hall–Kier alpha value is -1.93. The third-order valence-electron chi connectivity index (χ3n) is 5.35. The Morgan fingerprint density at radius 3 is 2.20 bits per heavy atom. The maximum absolute atomic E-state index is 12.7. The van der Waals surface area contributed by atoms with Crippen molar-refractivity contribution in [3.05, 3.63) is 29.8 Å². The molecule has 1 aliphatic carbocycles. The van der Waals surface area contributed by atoms with Crippen molar-refractivity contribution in [2.75, 3.05) is 13.1 Å². The summed E-state index contributed by atoms with van der Waals surface area (Å²) in [5.74, 6) is -0.133. The van der Waals surface area contributed by atoms with Gasteiger partial charge in [-0.15, -0.1) is 0 Å². The Labute approximate surface area is 180 Å². The van der Waals surface area contributed by atoms with Crippen LogP contribution in [0.15, 0.2) is 29.2 Å². The Kier molecular flexibility index (Phi) is 9.30. The lowest BCUT2D eigenvalue weighted by atomic mass is 9.89. The number of rotatable bonds is 10. The molecule has 1 unspecified atom stereocenters. The largest absolute Gasteiger partial charge is 0.354 e. The average molecular weight is 438 g/mol. The van der Waals surface area contributed by atoms with Gasteiger partial charge in [0.2, 0.25) is 21.8 Å². The van der Waals surface area contributed by atoms with Crippen LogP contribution in [-0.4, -0.2) is 39.4 Å². The molecule has 3 N–H and O–H groups in total. The number of amides is 2. The SMILES string of the molecule is Cc1ccc(S(=O)(=O)NC(CC(C)C)C(=O)NCCNC(=O)C2CCCCC2)cc1. The molecule has 2 amide bonds. The van der Waals surface area contributed by atoms with E-state index in [9.17, 15) is 18.0 Å². The maximum Gasteiger partial charge on any atom is 0.241 e. The molecule has 0 spiro atoms. The number of nitrogens with one attached hydrogen (secondary N) is 3. The highest BCUT2D eigenvalue weighted by molar-refractivity contribution is 7.89. The van der Waals surface area contributed by atoms with Crippen molar-refractivity contribution in [2.45, 2.75) is 70.2 Å². The molecule has 30 heavy (non-hydrogen) atoms. The Morgan fingerprint density at radius 2 is 1.60 bits per heavy atom. The van der Waals surface area contributed by atoms with E-state index in [4.69, 9.17) is 0 Å². The number of sulfonamides is 1. The van der Waals surface area contributed by atoms with Crippen molar-refractivity contribution in [2.24, 2.45) is 11.8 Å². The van der Waals surface area contributed by atoms with Crippen LogP contribution in [0.4, 0.5) is 0 Å². The summed E-state index contributed by atoms with van der Waals surface area (Å²) < 4.78 is 27.9. The lowest BCUT2D eigenvalue weighted by Gasteiger charge is -2.22. The van der Waals surface area contributed by atoms with Crippen LogP contribution in [0.1, 0.15) is 57.9 Å². The number of aryl methyl sites for hydroxylation is 1. The zero-order chi connectivity index (χ0) is 22.1. The summed E-state index contributed by atoms with van der Waals surface area (Å²) in [6.07, 6.45) is 5.60. The van der Waals surface area contributed by atoms with Crippen molar-refractivity contribution in [3.63, 3.8) is 0 Å². The molecule has 7 nitrogen and oxygen atoms in total. The zero-order valence-electron chi connectivity index (χ0n) is 18.2. The second-order valence-corrected chi connectivity index (χ2v) is 10.2. The van der Waals surface area contributed by atoms with Gasteiger partial charge in [0.15, 0.2) is 0 Å². The maximum atomic E-state index is 12.7. The first kappa shape index (κ1) is 24.3. The van der Waals surface area contributed by atoms with E-state index in [1.807, 2.05) is 20.8 Å². The monoisotopic (exact) mass is 437 g/mol. The minimum atomic E-state index is -3.81. The summed E-state index contributed by atoms with van der Waals surface area (Å²) in [5.41, 5.74) is 0.959. The molecular weight excluding hydrogens is 402 g/mol. The molecule has 1 fully saturated rings. The van der Waals surface area contributed by atoms with Crippen molar-refractivity contribution in [1.82, 2.24) is 15.4 Å². The number of carbonyl (C=O) groups is 2. The molecule has 0 aromatic heterocycles. The fraction of sp³-hybridized carbons (Fsp3) is 0.636. The summed E-state index contributed by atoms with van der Waals surface area (Å²) in [5, 5.41) is 5.62. The van der Waals surface area contributed by atoms with E-state index in [0.29, 0.717) is 13.0 Å². The van der Waals surface area contributed by atoms with Gasteiger partial charge in [0.25, 0.3) is 0 Å². The molecule has 0 heterocycles. The Morgan fingerprint density at radius 1 is 1.00 bits per heavy atom. The molecule has 1 atom stereocenters. The third-order valence-corrected chi connectivity index (χ3v) is 6.84.